The number of aromatic hydroxyl groups is 1. The van der Waals surface area contributed by atoms with Gasteiger partial charge < -0.3 is 10.8 Å². The van der Waals surface area contributed by atoms with E-state index >= 15 is 0 Å². The van der Waals surface area contributed by atoms with Crippen molar-refractivity contribution >= 4 is 11.6 Å². The molecule has 24 heavy (non-hydrogen) atoms. The van der Waals surface area contributed by atoms with Crippen LogP contribution in [-0.4, -0.2) is 27.9 Å². The number of nitro benzene ring substituents is 1. The zero-order valence-corrected chi connectivity index (χ0v) is 13.5. The molecule has 0 radical (unpaired) electrons. The van der Waals surface area contributed by atoms with Crippen molar-refractivity contribution in [3.8, 4) is 5.75 Å². The number of nitro groups is 1. The first-order valence-corrected chi connectivity index (χ1v) is 7.36. The third-order valence-electron chi connectivity index (χ3n) is 4.00. The fourth-order valence-corrected chi connectivity index (χ4v) is 2.47. The van der Waals surface area contributed by atoms with E-state index in [2.05, 4.69) is 0 Å². The monoisotopic (exact) mass is 329 g/mol. The molecule has 1 atom stereocenters. The van der Waals surface area contributed by atoms with E-state index in [-0.39, 0.29) is 23.0 Å². The van der Waals surface area contributed by atoms with Gasteiger partial charge in [-0.05, 0) is 37.7 Å². The van der Waals surface area contributed by atoms with E-state index in [1.807, 2.05) is 24.9 Å². The number of amides is 1. The highest BCUT2D eigenvalue weighted by Crippen LogP contribution is 2.27. The normalized spacial score (nSPS) is 12.1. The Morgan fingerprint density at radius 2 is 2.04 bits per heavy atom. The number of phenols is 1. The second-order valence-electron chi connectivity index (χ2n) is 5.65. The average Bonchev–Trinajstić information content (AvgIpc) is 2.53. The van der Waals surface area contributed by atoms with Crippen LogP contribution in [0.15, 0.2) is 42.5 Å². The van der Waals surface area contributed by atoms with Gasteiger partial charge in [0.15, 0.2) is 0 Å². The molecule has 0 spiro atoms. The molecule has 2 aromatic rings. The average molecular weight is 329 g/mol. The number of hydrogen-bond acceptors (Lipinski definition) is 5. The SMILES string of the molecule is CC(c1cccc(O)c1)N(C)Cc1ccc(C(N)=O)cc1[N+](=O)[O-]. The fourth-order valence-electron chi connectivity index (χ4n) is 2.47. The highest BCUT2D eigenvalue weighted by molar-refractivity contribution is 5.93. The van der Waals surface area contributed by atoms with Gasteiger partial charge in [0.25, 0.3) is 5.69 Å². The van der Waals surface area contributed by atoms with Crippen LogP contribution in [0.5, 0.6) is 5.75 Å². The van der Waals surface area contributed by atoms with E-state index in [1.165, 1.54) is 12.1 Å². The van der Waals surface area contributed by atoms with E-state index in [0.717, 1.165) is 5.56 Å². The Labute approximate surface area is 139 Å². The molecule has 7 nitrogen and oxygen atoms in total. The number of nitrogens with two attached hydrogens (primary N) is 1. The number of primary amides is 1. The summed E-state index contributed by atoms with van der Waals surface area (Å²) in [7, 11) is 1.83. The Kier molecular flexibility index (Phi) is 5.15. The summed E-state index contributed by atoms with van der Waals surface area (Å²) >= 11 is 0. The molecule has 0 aliphatic carbocycles. The van der Waals surface area contributed by atoms with Gasteiger partial charge in [0.1, 0.15) is 5.75 Å². The Morgan fingerprint density at radius 3 is 2.62 bits per heavy atom. The van der Waals surface area contributed by atoms with Crippen LogP contribution in [0.3, 0.4) is 0 Å². The third kappa shape index (κ3) is 3.88. The molecule has 0 aromatic heterocycles. The van der Waals surface area contributed by atoms with Crippen LogP contribution >= 0.6 is 0 Å². The van der Waals surface area contributed by atoms with E-state index in [9.17, 15) is 20.0 Å². The second-order valence-corrected chi connectivity index (χ2v) is 5.65. The minimum absolute atomic E-state index is 0.0625. The van der Waals surface area contributed by atoms with Crippen LogP contribution < -0.4 is 5.73 Å². The Balaban J connectivity index is 2.26. The molecule has 7 heteroatoms. The number of phenolic OH excluding ortho intramolecular Hbond substituents is 1. The number of hydrogen-bond donors (Lipinski definition) is 2. The second kappa shape index (κ2) is 7.10. The van der Waals surface area contributed by atoms with Crippen molar-refractivity contribution in [2.24, 2.45) is 5.73 Å². The van der Waals surface area contributed by atoms with Gasteiger partial charge in [0.05, 0.1) is 4.92 Å². The summed E-state index contributed by atoms with van der Waals surface area (Å²) in [5.74, 6) is -0.532. The lowest BCUT2D eigenvalue weighted by Gasteiger charge is -2.25. The van der Waals surface area contributed by atoms with Gasteiger partial charge in [-0.25, -0.2) is 0 Å². The quantitative estimate of drug-likeness (QED) is 0.625. The van der Waals surface area contributed by atoms with Crippen LogP contribution in [-0.2, 0) is 6.54 Å². The van der Waals surface area contributed by atoms with Gasteiger partial charge in [-0.15, -0.1) is 0 Å². The lowest BCUT2D eigenvalue weighted by atomic mass is 10.0. The van der Waals surface area contributed by atoms with E-state index in [0.29, 0.717) is 12.1 Å². The summed E-state index contributed by atoms with van der Waals surface area (Å²) in [5, 5.41) is 20.8. The summed E-state index contributed by atoms with van der Waals surface area (Å²) in [6.45, 7) is 2.25. The first-order chi connectivity index (χ1) is 11.3. The molecule has 126 valence electrons. The highest BCUT2D eigenvalue weighted by Gasteiger charge is 2.20. The molecule has 0 aliphatic heterocycles. The maximum atomic E-state index is 11.3. The van der Waals surface area contributed by atoms with Crippen LogP contribution in [0.4, 0.5) is 5.69 Å². The number of benzene rings is 2. The van der Waals surface area contributed by atoms with Crippen molar-refractivity contribution in [3.05, 3.63) is 69.3 Å². The third-order valence-corrected chi connectivity index (χ3v) is 4.00. The Hall–Kier alpha value is -2.93. The molecule has 2 aromatic carbocycles. The van der Waals surface area contributed by atoms with Gasteiger partial charge in [-0.1, -0.05) is 18.2 Å². The molecule has 1 unspecified atom stereocenters. The topological polar surface area (TPSA) is 110 Å². The molecular formula is C17H19N3O4. The molecule has 0 heterocycles. The summed E-state index contributed by atoms with van der Waals surface area (Å²) in [6.07, 6.45) is 0. The van der Waals surface area contributed by atoms with E-state index < -0.39 is 10.8 Å². The minimum atomic E-state index is -0.703. The summed E-state index contributed by atoms with van der Waals surface area (Å²) in [5.41, 5.74) is 6.53. The van der Waals surface area contributed by atoms with Crippen LogP contribution in [0.2, 0.25) is 0 Å². The maximum Gasteiger partial charge on any atom is 0.274 e. The number of rotatable bonds is 6. The molecular weight excluding hydrogens is 310 g/mol. The lowest BCUT2D eigenvalue weighted by molar-refractivity contribution is -0.385. The van der Waals surface area contributed by atoms with Crippen molar-refractivity contribution in [1.29, 1.82) is 0 Å². The molecule has 1 amide bonds. The largest absolute Gasteiger partial charge is 0.508 e. The first-order valence-electron chi connectivity index (χ1n) is 7.36. The molecule has 3 N–H and O–H groups in total. The summed E-state index contributed by atoms with van der Waals surface area (Å²) in [4.78, 5) is 23.9. The molecule has 0 aliphatic rings. The van der Waals surface area contributed by atoms with Crippen molar-refractivity contribution < 1.29 is 14.8 Å². The maximum absolute atomic E-state index is 11.3. The van der Waals surface area contributed by atoms with Crippen molar-refractivity contribution in [1.82, 2.24) is 4.90 Å². The van der Waals surface area contributed by atoms with E-state index in [4.69, 9.17) is 5.73 Å². The minimum Gasteiger partial charge on any atom is -0.508 e. The summed E-state index contributed by atoms with van der Waals surface area (Å²) in [6, 6.07) is 11.0. The molecule has 0 saturated heterocycles. The van der Waals surface area contributed by atoms with Crippen molar-refractivity contribution in [3.63, 3.8) is 0 Å². The lowest BCUT2D eigenvalue weighted by Crippen LogP contribution is -2.22. The number of carbonyl (C=O) groups is 1. The first kappa shape index (κ1) is 17.4. The summed E-state index contributed by atoms with van der Waals surface area (Å²) < 4.78 is 0. The van der Waals surface area contributed by atoms with Crippen molar-refractivity contribution in [2.45, 2.75) is 19.5 Å². The van der Waals surface area contributed by atoms with E-state index in [1.54, 1.807) is 24.3 Å². The van der Waals surface area contributed by atoms with Crippen LogP contribution in [0.1, 0.15) is 34.5 Å². The smallest absolute Gasteiger partial charge is 0.274 e. The Bertz CT molecular complexity index is 776. The number of nitrogens with zero attached hydrogens (tertiary/aromatic N) is 2. The fraction of sp³-hybridized carbons (Fsp3) is 0.235. The van der Waals surface area contributed by atoms with Gasteiger partial charge in [-0.3, -0.25) is 19.8 Å². The predicted molar refractivity (Wildman–Crippen MR) is 89.6 cm³/mol. The van der Waals surface area contributed by atoms with Gasteiger partial charge in [-0.2, -0.15) is 0 Å². The zero-order valence-electron chi connectivity index (χ0n) is 13.5. The molecule has 0 bridgehead atoms. The van der Waals surface area contributed by atoms with Gasteiger partial charge in [0, 0.05) is 29.8 Å². The molecule has 0 saturated carbocycles. The molecule has 2 rings (SSSR count). The van der Waals surface area contributed by atoms with Crippen LogP contribution in [0, 0.1) is 10.1 Å². The number of carbonyl (C=O) groups excluding carboxylic acids is 1. The van der Waals surface area contributed by atoms with Crippen molar-refractivity contribution in [2.75, 3.05) is 7.05 Å². The standard InChI is InChI=1S/C17H19N3O4/c1-11(12-4-3-5-15(21)8-12)19(2)10-14-7-6-13(17(18)22)9-16(14)20(23)24/h3-9,11,21H,10H2,1-2H3,(H2,18,22). The predicted octanol–water partition coefficient (Wildman–Crippen LogP) is 2.59. The van der Waals surface area contributed by atoms with Crippen LogP contribution in [0.25, 0.3) is 0 Å². The Morgan fingerprint density at radius 1 is 1.33 bits per heavy atom. The zero-order chi connectivity index (χ0) is 17.9. The molecule has 0 fully saturated rings. The highest BCUT2D eigenvalue weighted by atomic mass is 16.6. The van der Waals surface area contributed by atoms with Gasteiger partial charge >= 0.3 is 0 Å². The van der Waals surface area contributed by atoms with Gasteiger partial charge in [0.2, 0.25) is 5.91 Å².